The van der Waals surface area contributed by atoms with Crippen LogP contribution in [0.3, 0.4) is 0 Å². The van der Waals surface area contributed by atoms with E-state index in [1.165, 1.54) is 0 Å². The molecule has 0 atom stereocenters. The third-order valence-electron chi connectivity index (χ3n) is 2.41. The van der Waals surface area contributed by atoms with Crippen LogP contribution in [0.5, 0.6) is 11.6 Å². The van der Waals surface area contributed by atoms with Gasteiger partial charge in [-0.25, -0.2) is 4.98 Å². The Morgan fingerprint density at radius 3 is 2.72 bits per heavy atom. The molecule has 0 radical (unpaired) electrons. The van der Waals surface area contributed by atoms with Gasteiger partial charge in [-0.15, -0.1) is 0 Å². The minimum atomic E-state index is 0.438. The number of aromatic nitrogens is 3. The monoisotopic (exact) mass is 238 g/mol. The lowest BCUT2D eigenvalue weighted by Crippen LogP contribution is -1.93. The number of anilines is 1. The van der Waals surface area contributed by atoms with Crippen LogP contribution in [0.15, 0.2) is 48.8 Å². The van der Waals surface area contributed by atoms with E-state index < -0.39 is 0 Å². The fraction of sp³-hybridized carbons (Fsp3) is 0. The van der Waals surface area contributed by atoms with E-state index in [2.05, 4.69) is 15.0 Å². The van der Waals surface area contributed by atoms with E-state index in [0.29, 0.717) is 23.1 Å². The van der Waals surface area contributed by atoms with Crippen molar-refractivity contribution in [2.45, 2.75) is 0 Å². The summed E-state index contributed by atoms with van der Waals surface area (Å²) in [5.74, 6) is 1.54. The number of nitrogen functional groups attached to an aromatic ring is 1. The quantitative estimate of drug-likeness (QED) is 0.742. The molecule has 3 aromatic heterocycles. The lowest BCUT2D eigenvalue weighted by atomic mass is 10.3. The maximum Gasteiger partial charge on any atom is 0.221 e. The number of nitrogens with zero attached hydrogens (tertiary/aromatic N) is 3. The van der Waals surface area contributed by atoms with Gasteiger partial charge in [0.1, 0.15) is 11.6 Å². The summed E-state index contributed by atoms with van der Waals surface area (Å²) < 4.78 is 5.57. The molecule has 0 amide bonds. The molecular weight excluding hydrogens is 228 g/mol. The van der Waals surface area contributed by atoms with Crippen LogP contribution in [-0.2, 0) is 0 Å². The Labute approximate surface area is 103 Å². The molecule has 0 spiro atoms. The first-order chi connectivity index (χ1) is 8.81. The zero-order valence-electron chi connectivity index (χ0n) is 9.45. The topological polar surface area (TPSA) is 73.9 Å². The second-order valence-corrected chi connectivity index (χ2v) is 3.72. The molecule has 3 rings (SSSR count). The molecule has 0 saturated heterocycles. The third-order valence-corrected chi connectivity index (χ3v) is 2.41. The van der Waals surface area contributed by atoms with Crippen LogP contribution in [0.4, 0.5) is 5.82 Å². The lowest BCUT2D eigenvalue weighted by Gasteiger charge is -2.04. The number of nitrogens with two attached hydrogens (primary N) is 1. The smallest absolute Gasteiger partial charge is 0.221 e. The highest BCUT2D eigenvalue weighted by atomic mass is 16.5. The van der Waals surface area contributed by atoms with Gasteiger partial charge in [0.15, 0.2) is 5.65 Å². The van der Waals surface area contributed by atoms with Gasteiger partial charge in [-0.1, -0.05) is 0 Å². The maximum absolute atomic E-state index is 5.62. The molecule has 3 aromatic rings. The number of hydrogen-bond donors (Lipinski definition) is 1. The van der Waals surface area contributed by atoms with Crippen molar-refractivity contribution in [2.24, 2.45) is 0 Å². The Bertz CT molecular complexity index is 685. The summed E-state index contributed by atoms with van der Waals surface area (Å²) in [5.41, 5.74) is 6.19. The summed E-state index contributed by atoms with van der Waals surface area (Å²) in [4.78, 5) is 12.4. The maximum atomic E-state index is 5.62. The largest absolute Gasteiger partial charge is 0.437 e. The normalized spacial score (nSPS) is 10.4. The van der Waals surface area contributed by atoms with Gasteiger partial charge < -0.3 is 10.5 Å². The molecule has 88 valence electrons. The SMILES string of the molecule is Nc1ccc2ccc(Oc3cccnc3)nc2n1. The van der Waals surface area contributed by atoms with Crippen LogP contribution in [0.25, 0.3) is 11.0 Å². The van der Waals surface area contributed by atoms with Gasteiger partial charge in [-0.05, 0) is 30.3 Å². The van der Waals surface area contributed by atoms with Crippen LogP contribution in [0, 0.1) is 0 Å². The van der Waals surface area contributed by atoms with Gasteiger partial charge in [0.2, 0.25) is 5.88 Å². The summed E-state index contributed by atoms with van der Waals surface area (Å²) in [6, 6.07) is 10.9. The molecule has 0 aromatic carbocycles. The summed E-state index contributed by atoms with van der Waals surface area (Å²) in [6.45, 7) is 0. The van der Waals surface area contributed by atoms with Crippen LogP contribution in [-0.4, -0.2) is 15.0 Å². The van der Waals surface area contributed by atoms with Crippen LogP contribution < -0.4 is 10.5 Å². The molecule has 5 nitrogen and oxygen atoms in total. The number of ether oxygens (including phenoxy) is 1. The molecule has 0 unspecified atom stereocenters. The molecule has 5 heteroatoms. The molecule has 0 saturated carbocycles. The highest BCUT2D eigenvalue weighted by molar-refractivity contribution is 5.76. The van der Waals surface area contributed by atoms with Gasteiger partial charge >= 0.3 is 0 Å². The second kappa shape index (κ2) is 4.29. The molecule has 0 bridgehead atoms. The van der Waals surface area contributed by atoms with Crippen molar-refractivity contribution in [1.82, 2.24) is 15.0 Å². The van der Waals surface area contributed by atoms with Crippen LogP contribution >= 0.6 is 0 Å². The Morgan fingerprint density at radius 2 is 1.89 bits per heavy atom. The van der Waals surface area contributed by atoms with Crippen molar-refractivity contribution < 1.29 is 4.74 Å². The Balaban J connectivity index is 1.98. The molecule has 3 heterocycles. The summed E-state index contributed by atoms with van der Waals surface area (Å²) in [7, 11) is 0. The van der Waals surface area contributed by atoms with E-state index in [9.17, 15) is 0 Å². The molecule has 0 aliphatic rings. The first-order valence-corrected chi connectivity index (χ1v) is 5.42. The van der Waals surface area contributed by atoms with Gasteiger partial charge in [0, 0.05) is 17.6 Å². The molecule has 18 heavy (non-hydrogen) atoms. The molecule has 2 N–H and O–H groups in total. The van der Waals surface area contributed by atoms with Crippen LogP contribution in [0.2, 0.25) is 0 Å². The average molecular weight is 238 g/mol. The van der Waals surface area contributed by atoms with Gasteiger partial charge in [0.25, 0.3) is 0 Å². The minimum Gasteiger partial charge on any atom is -0.437 e. The number of hydrogen-bond acceptors (Lipinski definition) is 5. The Hall–Kier alpha value is -2.69. The van der Waals surface area contributed by atoms with E-state index in [1.807, 2.05) is 18.2 Å². The van der Waals surface area contributed by atoms with Crippen LogP contribution in [0.1, 0.15) is 0 Å². The molecule has 0 fully saturated rings. The van der Waals surface area contributed by atoms with Crippen molar-refractivity contribution in [3.63, 3.8) is 0 Å². The van der Waals surface area contributed by atoms with E-state index in [-0.39, 0.29) is 0 Å². The van der Waals surface area contributed by atoms with Gasteiger partial charge in [0.05, 0.1) is 6.20 Å². The predicted molar refractivity (Wildman–Crippen MR) is 68.3 cm³/mol. The second-order valence-electron chi connectivity index (χ2n) is 3.72. The molecular formula is C13H10N4O. The van der Waals surface area contributed by atoms with E-state index in [0.717, 1.165) is 5.39 Å². The third kappa shape index (κ3) is 2.06. The van der Waals surface area contributed by atoms with Crippen molar-refractivity contribution >= 4 is 16.9 Å². The van der Waals surface area contributed by atoms with E-state index >= 15 is 0 Å². The van der Waals surface area contributed by atoms with Crippen molar-refractivity contribution in [1.29, 1.82) is 0 Å². The number of rotatable bonds is 2. The van der Waals surface area contributed by atoms with Gasteiger partial charge in [-0.2, -0.15) is 4.98 Å². The number of pyridine rings is 3. The van der Waals surface area contributed by atoms with Gasteiger partial charge in [-0.3, -0.25) is 4.98 Å². The molecule has 0 aliphatic carbocycles. The lowest BCUT2D eigenvalue weighted by molar-refractivity contribution is 0.462. The zero-order chi connectivity index (χ0) is 12.4. The average Bonchev–Trinajstić information content (AvgIpc) is 2.39. The van der Waals surface area contributed by atoms with Crippen molar-refractivity contribution in [2.75, 3.05) is 5.73 Å². The fourth-order valence-corrected chi connectivity index (χ4v) is 1.58. The van der Waals surface area contributed by atoms with E-state index in [1.54, 1.807) is 30.6 Å². The number of fused-ring (bicyclic) bond motifs is 1. The molecule has 0 aliphatic heterocycles. The summed E-state index contributed by atoms with van der Waals surface area (Å²) >= 11 is 0. The minimum absolute atomic E-state index is 0.438. The zero-order valence-corrected chi connectivity index (χ0v) is 9.45. The first-order valence-electron chi connectivity index (χ1n) is 5.42. The predicted octanol–water partition coefficient (Wildman–Crippen LogP) is 2.40. The van der Waals surface area contributed by atoms with Crippen molar-refractivity contribution in [3.8, 4) is 11.6 Å². The summed E-state index contributed by atoms with van der Waals surface area (Å²) in [6.07, 6.45) is 3.31. The highest BCUT2D eigenvalue weighted by Gasteiger charge is 2.02. The van der Waals surface area contributed by atoms with E-state index in [4.69, 9.17) is 10.5 Å². The highest BCUT2D eigenvalue weighted by Crippen LogP contribution is 2.21. The Morgan fingerprint density at radius 1 is 1.00 bits per heavy atom. The summed E-state index contributed by atoms with van der Waals surface area (Å²) in [5, 5.41) is 0.919. The van der Waals surface area contributed by atoms with Crippen molar-refractivity contribution in [3.05, 3.63) is 48.8 Å². The first kappa shape index (κ1) is 10.5. The standard InChI is InChI=1S/C13H10N4O/c14-11-5-3-9-4-6-12(17-13(9)16-11)18-10-2-1-7-15-8-10/h1-8H,(H2,14,16,17). The fourth-order valence-electron chi connectivity index (χ4n) is 1.58. The Kier molecular flexibility index (Phi) is 2.49.